The first kappa shape index (κ1) is 21.6. The maximum atomic E-state index is 13.5. The molecule has 0 aliphatic heterocycles. The van der Waals surface area contributed by atoms with Gasteiger partial charge in [-0.3, -0.25) is 4.99 Å². The Balaban J connectivity index is 0.00000261. The molecule has 0 saturated heterocycles. The molecule has 0 unspecified atom stereocenters. The molecular weight excluding hydrogens is 458 g/mol. The van der Waals surface area contributed by atoms with Crippen LogP contribution in [0.15, 0.2) is 35.6 Å². The maximum absolute atomic E-state index is 13.5. The van der Waals surface area contributed by atoms with Crippen LogP contribution < -0.4 is 10.6 Å². The number of hydrogen-bond donors (Lipinski definition) is 2. The molecule has 0 spiro atoms. The lowest BCUT2D eigenvalue weighted by atomic mass is 9.96. The highest BCUT2D eigenvalue weighted by Gasteiger charge is 2.44. The Bertz CT molecular complexity index is 756. The van der Waals surface area contributed by atoms with Crippen molar-refractivity contribution in [1.82, 2.24) is 25.4 Å². The van der Waals surface area contributed by atoms with E-state index in [2.05, 4.69) is 27.8 Å². The molecule has 2 aromatic rings. The van der Waals surface area contributed by atoms with Crippen LogP contribution in [0.1, 0.15) is 38.1 Å². The molecule has 0 bridgehead atoms. The molecule has 1 heterocycles. The van der Waals surface area contributed by atoms with E-state index in [-0.39, 0.29) is 35.2 Å². The number of aromatic nitrogens is 3. The molecule has 148 valence electrons. The molecular formula is C19H28FIN6. The third-order valence-corrected chi connectivity index (χ3v) is 4.83. The molecule has 8 heteroatoms. The summed E-state index contributed by atoms with van der Waals surface area (Å²) in [7, 11) is 0. The van der Waals surface area contributed by atoms with Crippen molar-refractivity contribution in [3.8, 4) is 0 Å². The first-order chi connectivity index (χ1) is 12.7. The number of hydrogen-bond acceptors (Lipinski definition) is 3. The smallest absolute Gasteiger partial charge is 0.191 e. The summed E-state index contributed by atoms with van der Waals surface area (Å²) < 4.78 is 15.6. The zero-order chi connectivity index (χ0) is 18.4. The SMILES string of the molecule is CCNC(=NCC1(c2cccc(F)c2)CC1)NCCn1cnnc1CC.I. The van der Waals surface area contributed by atoms with Crippen LogP contribution in [0.3, 0.4) is 0 Å². The van der Waals surface area contributed by atoms with E-state index in [1.165, 1.54) is 6.07 Å². The topological polar surface area (TPSA) is 67.1 Å². The molecule has 1 aliphatic carbocycles. The summed E-state index contributed by atoms with van der Waals surface area (Å²) in [6.07, 6.45) is 4.73. The quantitative estimate of drug-likeness (QED) is 0.342. The standard InChI is InChI=1S/C19H27FN6.HI/c1-3-17-25-24-14-26(17)11-10-22-18(21-4-2)23-13-19(8-9-19)15-6-5-7-16(20)12-15;/h5-7,12,14H,3-4,8-11,13H2,1-2H3,(H2,21,22,23);1H. The fraction of sp³-hybridized carbons (Fsp3) is 0.526. The van der Waals surface area contributed by atoms with Gasteiger partial charge in [0, 0.05) is 31.5 Å². The highest BCUT2D eigenvalue weighted by Crippen LogP contribution is 2.48. The van der Waals surface area contributed by atoms with E-state index in [4.69, 9.17) is 4.99 Å². The lowest BCUT2D eigenvalue weighted by Gasteiger charge is -2.16. The number of rotatable bonds is 8. The molecule has 0 atom stereocenters. The first-order valence-corrected chi connectivity index (χ1v) is 9.32. The van der Waals surface area contributed by atoms with Gasteiger partial charge in [-0.25, -0.2) is 4.39 Å². The third kappa shape index (κ3) is 5.63. The summed E-state index contributed by atoms with van der Waals surface area (Å²) in [6.45, 7) is 7.11. The highest BCUT2D eigenvalue weighted by molar-refractivity contribution is 14.0. The summed E-state index contributed by atoms with van der Waals surface area (Å²) in [4.78, 5) is 4.75. The van der Waals surface area contributed by atoms with Crippen molar-refractivity contribution >= 4 is 29.9 Å². The van der Waals surface area contributed by atoms with Crippen molar-refractivity contribution in [2.24, 2.45) is 4.99 Å². The number of nitrogens with zero attached hydrogens (tertiary/aromatic N) is 4. The van der Waals surface area contributed by atoms with Gasteiger partial charge in [0.15, 0.2) is 5.96 Å². The summed E-state index contributed by atoms with van der Waals surface area (Å²) in [5.41, 5.74) is 1.04. The molecule has 1 saturated carbocycles. The Kier molecular flexibility index (Phi) is 8.00. The van der Waals surface area contributed by atoms with Crippen LogP contribution in [-0.4, -0.2) is 40.4 Å². The zero-order valence-corrected chi connectivity index (χ0v) is 18.2. The van der Waals surface area contributed by atoms with Crippen LogP contribution in [0.4, 0.5) is 4.39 Å². The minimum atomic E-state index is -0.177. The Hall–Kier alpha value is -1.71. The van der Waals surface area contributed by atoms with Gasteiger partial charge in [0.2, 0.25) is 0 Å². The van der Waals surface area contributed by atoms with Gasteiger partial charge >= 0.3 is 0 Å². The third-order valence-electron chi connectivity index (χ3n) is 4.83. The summed E-state index contributed by atoms with van der Waals surface area (Å²) in [5.74, 6) is 1.60. The fourth-order valence-electron chi connectivity index (χ4n) is 3.11. The van der Waals surface area contributed by atoms with E-state index in [9.17, 15) is 4.39 Å². The van der Waals surface area contributed by atoms with Gasteiger partial charge in [-0.1, -0.05) is 19.1 Å². The van der Waals surface area contributed by atoms with E-state index in [1.54, 1.807) is 18.5 Å². The van der Waals surface area contributed by atoms with Crippen LogP contribution in [0, 0.1) is 5.82 Å². The highest BCUT2D eigenvalue weighted by atomic mass is 127. The Morgan fingerprint density at radius 1 is 1.30 bits per heavy atom. The number of halogens is 2. The minimum absolute atomic E-state index is 0. The number of aryl methyl sites for hydroxylation is 1. The fourth-order valence-corrected chi connectivity index (χ4v) is 3.11. The second-order valence-corrected chi connectivity index (χ2v) is 6.71. The predicted octanol–water partition coefficient (Wildman–Crippen LogP) is 2.88. The predicted molar refractivity (Wildman–Crippen MR) is 116 cm³/mol. The van der Waals surface area contributed by atoms with Crippen molar-refractivity contribution in [2.75, 3.05) is 19.6 Å². The largest absolute Gasteiger partial charge is 0.357 e. The second kappa shape index (κ2) is 10.0. The number of guanidine groups is 1. The van der Waals surface area contributed by atoms with E-state index in [1.807, 2.05) is 17.6 Å². The number of benzene rings is 1. The Morgan fingerprint density at radius 2 is 2.11 bits per heavy atom. The van der Waals surface area contributed by atoms with Crippen molar-refractivity contribution in [2.45, 2.75) is 45.1 Å². The number of nitrogens with one attached hydrogen (secondary N) is 2. The lowest BCUT2D eigenvalue weighted by molar-refractivity contribution is 0.613. The van der Waals surface area contributed by atoms with Crippen molar-refractivity contribution in [1.29, 1.82) is 0 Å². The van der Waals surface area contributed by atoms with E-state index >= 15 is 0 Å². The molecule has 1 aromatic heterocycles. The van der Waals surface area contributed by atoms with Crippen molar-refractivity contribution < 1.29 is 4.39 Å². The molecule has 27 heavy (non-hydrogen) atoms. The molecule has 1 aliphatic rings. The molecule has 1 aromatic carbocycles. The van der Waals surface area contributed by atoms with Gasteiger partial charge in [-0.05, 0) is 37.5 Å². The normalized spacial score (nSPS) is 15.1. The zero-order valence-electron chi connectivity index (χ0n) is 15.9. The van der Waals surface area contributed by atoms with E-state index in [0.717, 1.165) is 56.2 Å². The van der Waals surface area contributed by atoms with Gasteiger partial charge in [-0.15, -0.1) is 34.2 Å². The summed E-state index contributed by atoms with van der Waals surface area (Å²) in [5, 5.41) is 14.7. The number of aliphatic imine (C=N–C) groups is 1. The van der Waals surface area contributed by atoms with Crippen molar-refractivity contribution in [3.05, 3.63) is 47.8 Å². The van der Waals surface area contributed by atoms with Gasteiger partial charge < -0.3 is 15.2 Å². The monoisotopic (exact) mass is 486 g/mol. The van der Waals surface area contributed by atoms with Gasteiger partial charge in [0.05, 0.1) is 6.54 Å². The molecule has 6 nitrogen and oxygen atoms in total. The lowest BCUT2D eigenvalue weighted by Crippen LogP contribution is -2.39. The van der Waals surface area contributed by atoms with Crippen molar-refractivity contribution in [3.63, 3.8) is 0 Å². The molecule has 1 fully saturated rings. The summed E-state index contributed by atoms with van der Waals surface area (Å²) >= 11 is 0. The average Bonchev–Trinajstić information content (AvgIpc) is 3.31. The molecule has 0 radical (unpaired) electrons. The van der Waals surface area contributed by atoms with E-state index in [0.29, 0.717) is 6.54 Å². The Labute approximate surface area is 177 Å². The minimum Gasteiger partial charge on any atom is -0.357 e. The molecule has 0 amide bonds. The van der Waals surface area contributed by atoms with Crippen LogP contribution >= 0.6 is 24.0 Å². The first-order valence-electron chi connectivity index (χ1n) is 9.32. The van der Waals surface area contributed by atoms with E-state index < -0.39 is 0 Å². The van der Waals surface area contributed by atoms with Gasteiger partial charge in [0.25, 0.3) is 0 Å². The molecule has 2 N–H and O–H groups in total. The van der Waals surface area contributed by atoms with Crippen LogP contribution in [0.5, 0.6) is 0 Å². The van der Waals surface area contributed by atoms with Gasteiger partial charge in [0.1, 0.15) is 18.0 Å². The van der Waals surface area contributed by atoms with Crippen LogP contribution in [-0.2, 0) is 18.4 Å². The molecule has 3 rings (SSSR count). The Morgan fingerprint density at radius 3 is 2.78 bits per heavy atom. The summed E-state index contributed by atoms with van der Waals surface area (Å²) in [6, 6.07) is 6.91. The van der Waals surface area contributed by atoms with Crippen LogP contribution in [0.25, 0.3) is 0 Å². The van der Waals surface area contributed by atoms with Gasteiger partial charge in [-0.2, -0.15) is 0 Å². The average molecular weight is 486 g/mol. The second-order valence-electron chi connectivity index (χ2n) is 6.71. The van der Waals surface area contributed by atoms with Crippen LogP contribution in [0.2, 0.25) is 0 Å². The maximum Gasteiger partial charge on any atom is 0.191 e.